The predicted octanol–water partition coefficient (Wildman–Crippen LogP) is 6.65. The van der Waals surface area contributed by atoms with Crippen LogP contribution in [-0.2, 0) is 20.9 Å². The highest BCUT2D eigenvalue weighted by Gasteiger charge is 2.38. The number of hydrogen-bond donors (Lipinski definition) is 1. The normalized spacial score (nSPS) is 15.2. The molecule has 0 aromatic heterocycles. The second-order valence-electron chi connectivity index (χ2n) is 12.3. The van der Waals surface area contributed by atoms with E-state index >= 15 is 0 Å². The van der Waals surface area contributed by atoms with Gasteiger partial charge in [-0.2, -0.15) is 0 Å². The Morgan fingerprint density at radius 3 is 2.39 bits per heavy atom. The molecule has 1 saturated heterocycles. The lowest BCUT2D eigenvalue weighted by molar-refractivity contribution is -0.387. The molecule has 0 saturated carbocycles. The zero-order valence-corrected chi connectivity index (χ0v) is 27.6. The molecule has 0 radical (unpaired) electrons. The average Bonchev–Trinajstić information content (AvgIpc) is 3.02. The first-order valence-electron chi connectivity index (χ1n) is 15.2. The minimum atomic E-state index is -0.962. The van der Waals surface area contributed by atoms with Crippen LogP contribution in [0.15, 0.2) is 88.7 Å². The summed E-state index contributed by atoms with van der Waals surface area (Å²) in [7, 11) is 0. The van der Waals surface area contributed by atoms with Crippen molar-refractivity contribution in [1.29, 1.82) is 0 Å². The fourth-order valence-corrected chi connectivity index (χ4v) is 6.14. The van der Waals surface area contributed by atoms with E-state index in [0.717, 1.165) is 16.0 Å². The predicted molar refractivity (Wildman–Crippen MR) is 178 cm³/mol. The third kappa shape index (κ3) is 9.20. The monoisotopic (exact) mass is 644 g/mol. The number of benzene rings is 3. The van der Waals surface area contributed by atoms with Crippen molar-refractivity contribution in [3.63, 3.8) is 0 Å². The number of nitrogens with one attached hydrogen (secondary N) is 1. The SMILES string of the molecule is CC(C)c1ccccc1Sc1ccc(/C=C/C(=O)N2CCN(C(=O)OC(C)(C)C)C(C(=O)NCc3ccccc3)C2)cc1[N+](=O)[O-]. The zero-order chi connectivity index (χ0) is 33.4. The van der Waals surface area contributed by atoms with Crippen molar-refractivity contribution in [3.05, 3.63) is 106 Å². The third-order valence-electron chi connectivity index (χ3n) is 7.29. The largest absolute Gasteiger partial charge is 0.444 e. The molecule has 11 heteroatoms. The highest BCUT2D eigenvalue weighted by atomic mass is 32.2. The molecule has 1 fully saturated rings. The van der Waals surface area contributed by atoms with Crippen LogP contribution in [0.1, 0.15) is 57.2 Å². The zero-order valence-electron chi connectivity index (χ0n) is 26.8. The summed E-state index contributed by atoms with van der Waals surface area (Å²) in [6.07, 6.45) is 2.23. The molecule has 4 rings (SSSR count). The van der Waals surface area contributed by atoms with Gasteiger partial charge in [0.15, 0.2) is 0 Å². The van der Waals surface area contributed by atoms with E-state index in [1.165, 1.54) is 39.8 Å². The molecule has 0 aliphatic carbocycles. The molecular formula is C35H40N4O6S. The first-order valence-corrected chi connectivity index (χ1v) is 16.0. The Bertz CT molecular complexity index is 1600. The van der Waals surface area contributed by atoms with Crippen molar-refractivity contribution in [1.82, 2.24) is 15.1 Å². The number of nitro groups is 1. The van der Waals surface area contributed by atoms with Crippen LogP contribution in [0.2, 0.25) is 0 Å². The number of rotatable bonds is 9. The highest BCUT2D eigenvalue weighted by Crippen LogP contribution is 2.39. The van der Waals surface area contributed by atoms with Gasteiger partial charge in [0.05, 0.1) is 16.4 Å². The molecular weight excluding hydrogens is 604 g/mol. The van der Waals surface area contributed by atoms with E-state index in [1.54, 1.807) is 32.9 Å². The van der Waals surface area contributed by atoms with Crippen molar-refractivity contribution < 1.29 is 24.0 Å². The second kappa shape index (κ2) is 15.1. The van der Waals surface area contributed by atoms with E-state index in [4.69, 9.17) is 4.74 Å². The van der Waals surface area contributed by atoms with Crippen LogP contribution in [0.5, 0.6) is 0 Å². The molecule has 242 valence electrons. The lowest BCUT2D eigenvalue weighted by Gasteiger charge is -2.40. The van der Waals surface area contributed by atoms with Crippen LogP contribution >= 0.6 is 11.8 Å². The Kier molecular flexibility index (Phi) is 11.2. The summed E-state index contributed by atoms with van der Waals surface area (Å²) < 4.78 is 5.55. The van der Waals surface area contributed by atoms with Gasteiger partial charge in [-0.25, -0.2) is 4.79 Å². The summed E-state index contributed by atoms with van der Waals surface area (Å²) in [5.41, 5.74) is 1.68. The molecule has 0 spiro atoms. The van der Waals surface area contributed by atoms with Crippen LogP contribution < -0.4 is 5.32 Å². The minimum Gasteiger partial charge on any atom is -0.444 e. The summed E-state index contributed by atoms with van der Waals surface area (Å²) in [5.74, 6) is -0.521. The fourth-order valence-electron chi connectivity index (χ4n) is 4.96. The molecule has 3 aromatic carbocycles. The summed E-state index contributed by atoms with van der Waals surface area (Å²) in [5, 5.41) is 14.9. The Morgan fingerprint density at radius 2 is 1.72 bits per heavy atom. The molecule has 46 heavy (non-hydrogen) atoms. The number of piperazine rings is 1. The first-order chi connectivity index (χ1) is 21.8. The number of ether oxygens (including phenoxy) is 1. The average molecular weight is 645 g/mol. The molecule has 10 nitrogen and oxygen atoms in total. The molecule has 1 aliphatic heterocycles. The Hall–Kier alpha value is -4.64. The lowest BCUT2D eigenvalue weighted by Crippen LogP contribution is -2.61. The topological polar surface area (TPSA) is 122 Å². The molecule has 3 aromatic rings. The molecule has 1 heterocycles. The van der Waals surface area contributed by atoms with Crippen LogP contribution in [0, 0.1) is 10.1 Å². The Morgan fingerprint density at radius 1 is 1.02 bits per heavy atom. The van der Waals surface area contributed by atoms with E-state index in [2.05, 4.69) is 19.2 Å². The minimum absolute atomic E-state index is 0.0337. The van der Waals surface area contributed by atoms with Gasteiger partial charge in [-0.15, -0.1) is 0 Å². The summed E-state index contributed by atoms with van der Waals surface area (Å²) >= 11 is 1.34. The van der Waals surface area contributed by atoms with Crippen LogP contribution in [0.3, 0.4) is 0 Å². The third-order valence-corrected chi connectivity index (χ3v) is 8.45. The number of hydrogen-bond acceptors (Lipinski definition) is 7. The van der Waals surface area contributed by atoms with Gasteiger partial charge in [-0.1, -0.05) is 80.2 Å². The molecule has 1 aliphatic rings. The van der Waals surface area contributed by atoms with Gasteiger partial charge in [0, 0.05) is 36.7 Å². The molecule has 3 amide bonds. The quantitative estimate of drug-likeness (QED) is 0.157. The summed E-state index contributed by atoms with van der Waals surface area (Å²) in [4.78, 5) is 55.5. The summed E-state index contributed by atoms with van der Waals surface area (Å²) in [6, 6.07) is 21.1. The molecule has 0 bridgehead atoms. The highest BCUT2D eigenvalue weighted by molar-refractivity contribution is 7.99. The molecule has 1 unspecified atom stereocenters. The number of nitro benzene ring substituents is 1. The van der Waals surface area contributed by atoms with Gasteiger partial charge >= 0.3 is 6.09 Å². The van der Waals surface area contributed by atoms with E-state index in [9.17, 15) is 24.5 Å². The standard InChI is InChI=1S/C35H40N4O6S/c1-24(2)27-13-9-10-14-30(27)46-31-17-15-25(21-28(31)39(43)44)16-18-32(40)37-19-20-38(34(42)45-35(3,4)5)29(23-37)33(41)36-22-26-11-7-6-8-12-26/h6-18,21,24,29H,19-20,22-23H2,1-5H3,(H,36,41)/b18-16+. The molecule has 1 atom stereocenters. The van der Waals surface area contributed by atoms with Crippen LogP contribution in [0.25, 0.3) is 6.08 Å². The van der Waals surface area contributed by atoms with Gasteiger partial charge in [0.25, 0.3) is 5.69 Å². The van der Waals surface area contributed by atoms with Gasteiger partial charge in [-0.3, -0.25) is 24.6 Å². The maximum Gasteiger partial charge on any atom is 0.411 e. The van der Waals surface area contributed by atoms with Crippen molar-refractivity contribution in [2.24, 2.45) is 0 Å². The van der Waals surface area contributed by atoms with E-state index in [0.29, 0.717) is 10.5 Å². The second-order valence-corrected chi connectivity index (χ2v) is 13.4. The van der Waals surface area contributed by atoms with Gasteiger partial charge in [0.1, 0.15) is 11.6 Å². The van der Waals surface area contributed by atoms with E-state index < -0.39 is 28.6 Å². The maximum absolute atomic E-state index is 13.3. The Balaban J connectivity index is 1.49. The van der Waals surface area contributed by atoms with Gasteiger partial charge < -0.3 is 15.0 Å². The maximum atomic E-state index is 13.3. The van der Waals surface area contributed by atoms with Crippen molar-refractivity contribution in [2.75, 3.05) is 19.6 Å². The van der Waals surface area contributed by atoms with Crippen molar-refractivity contribution >= 4 is 41.4 Å². The summed E-state index contributed by atoms with van der Waals surface area (Å²) in [6.45, 7) is 9.94. The molecule has 1 N–H and O–H groups in total. The fraction of sp³-hybridized carbons (Fsp3) is 0.343. The van der Waals surface area contributed by atoms with Crippen molar-refractivity contribution in [3.8, 4) is 0 Å². The number of amides is 3. The number of nitrogens with zero attached hydrogens (tertiary/aromatic N) is 3. The number of carbonyl (C=O) groups is 3. The Labute approximate surface area is 273 Å². The first kappa shape index (κ1) is 34.2. The van der Waals surface area contributed by atoms with Gasteiger partial charge in [-0.05, 0) is 61.6 Å². The van der Waals surface area contributed by atoms with Gasteiger partial charge in [0.2, 0.25) is 11.8 Å². The lowest BCUT2D eigenvalue weighted by atomic mass is 10.0. The van der Waals surface area contributed by atoms with E-state index in [1.807, 2.05) is 54.6 Å². The van der Waals surface area contributed by atoms with Crippen molar-refractivity contribution in [2.45, 2.75) is 68.5 Å². The smallest absolute Gasteiger partial charge is 0.411 e. The number of carbonyl (C=O) groups excluding carboxylic acids is 3. The van der Waals surface area contributed by atoms with Crippen LogP contribution in [0.4, 0.5) is 10.5 Å². The van der Waals surface area contributed by atoms with E-state index in [-0.39, 0.29) is 43.7 Å². The van der Waals surface area contributed by atoms with Crippen LogP contribution in [-0.4, -0.2) is 63.9 Å².